The fourth-order valence-electron chi connectivity index (χ4n) is 2.59. The summed E-state index contributed by atoms with van der Waals surface area (Å²) in [6, 6.07) is 14.3. The van der Waals surface area contributed by atoms with Gasteiger partial charge in [0.25, 0.3) is 5.22 Å². The molecule has 28 heavy (non-hydrogen) atoms. The zero-order valence-electron chi connectivity index (χ0n) is 16.4. The molecule has 0 radical (unpaired) electrons. The van der Waals surface area contributed by atoms with Crippen LogP contribution < -0.4 is 0 Å². The molecule has 0 saturated carbocycles. The maximum Gasteiger partial charge on any atom is 0.277 e. The van der Waals surface area contributed by atoms with Crippen LogP contribution in [0.25, 0.3) is 11.5 Å². The van der Waals surface area contributed by atoms with Crippen molar-refractivity contribution in [3.8, 4) is 11.5 Å². The van der Waals surface area contributed by atoms with Crippen LogP contribution in [0.1, 0.15) is 16.7 Å². The van der Waals surface area contributed by atoms with Gasteiger partial charge in [0.1, 0.15) is 0 Å². The molecule has 0 fully saturated rings. The highest BCUT2D eigenvalue weighted by molar-refractivity contribution is 7.99. The predicted molar refractivity (Wildman–Crippen MR) is 115 cm³/mol. The van der Waals surface area contributed by atoms with E-state index in [1.165, 1.54) is 27.8 Å². The van der Waals surface area contributed by atoms with Gasteiger partial charge in [-0.2, -0.15) is 0 Å². The highest BCUT2D eigenvalue weighted by Gasteiger charge is 2.14. The summed E-state index contributed by atoms with van der Waals surface area (Å²) in [6.45, 7) is 4.69. The van der Waals surface area contributed by atoms with E-state index in [4.69, 9.17) is 4.42 Å². The standard InChI is InChI=1S/C21H23N3O2S2/c1-14-5-8-17(11-15(14)2)20-22-23-21(26-20)28-13-19(25)24(3)12-16-6-9-18(27-4)10-7-16/h5-11H,12-13H2,1-4H3. The van der Waals surface area contributed by atoms with Crippen LogP contribution in [0.2, 0.25) is 0 Å². The maximum absolute atomic E-state index is 12.4. The number of aromatic nitrogens is 2. The Morgan fingerprint density at radius 1 is 1.07 bits per heavy atom. The molecule has 0 saturated heterocycles. The van der Waals surface area contributed by atoms with Gasteiger partial charge in [-0.05, 0) is 61.1 Å². The molecule has 1 heterocycles. The Morgan fingerprint density at radius 2 is 1.82 bits per heavy atom. The molecule has 0 aliphatic carbocycles. The quantitative estimate of drug-likeness (QED) is 0.517. The Hall–Kier alpha value is -2.25. The predicted octanol–water partition coefficient (Wildman–Crippen LogP) is 4.83. The van der Waals surface area contributed by atoms with Crippen LogP contribution in [0.5, 0.6) is 0 Å². The second-order valence-corrected chi connectivity index (χ2v) is 8.36. The average Bonchev–Trinajstić information content (AvgIpc) is 3.17. The third-order valence-electron chi connectivity index (χ3n) is 4.48. The number of thioether (sulfide) groups is 2. The normalized spacial score (nSPS) is 10.9. The second kappa shape index (κ2) is 9.30. The lowest BCUT2D eigenvalue weighted by Gasteiger charge is -2.16. The van der Waals surface area contributed by atoms with Crippen LogP contribution in [0.4, 0.5) is 0 Å². The molecule has 2 aromatic carbocycles. The summed E-state index contributed by atoms with van der Waals surface area (Å²) in [7, 11) is 1.81. The molecule has 7 heteroatoms. The first-order chi connectivity index (χ1) is 13.5. The van der Waals surface area contributed by atoms with Crippen molar-refractivity contribution in [1.29, 1.82) is 0 Å². The van der Waals surface area contributed by atoms with Gasteiger partial charge in [0.2, 0.25) is 11.8 Å². The van der Waals surface area contributed by atoms with E-state index in [0.29, 0.717) is 17.7 Å². The monoisotopic (exact) mass is 413 g/mol. The number of hydrogen-bond acceptors (Lipinski definition) is 6. The molecule has 3 aromatic rings. The molecule has 3 rings (SSSR count). The summed E-state index contributed by atoms with van der Waals surface area (Å²) < 4.78 is 5.71. The van der Waals surface area contributed by atoms with Crippen LogP contribution in [-0.2, 0) is 11.3 Å². The van der Waals surface area contributed by atoms with Crippen molar-refractivity contribution in [3.63, 3.8) is 0 Å². The molecule has 0 atom stereocenters. The largest absolute Gasteiger partial charge is 0.411 e. The van der Waals surface area contributed by atoms with Crippen LogP contribution in [0.3, 0.4) is 0 Å². The topological polar surface area (TPSA) is 59.2 Å². The lowest BCUT2D eigenvalue weighted by molar-refractivity contribution is -0.127. The third kappa shape index (κ3) is 5.17. The molecule has 1 aromatic heterocycles. The Balaban J connectivity index is 1.55. The first-order valence-electron chi connectivity index (χ1n) is 8.87. The molecule has 0 bridgehead atoms. The molecule has 0 N–H and O–H groups in total. The van der Waals surface area contributed by atoms with E-state index in [-0.39, 0.29) is 11.7 Å². The Kier molecular flexibility index (Phi) is 6.80. The second-order valence-electron chi connectivity index (χ2n) is 6.56. The van der Waals surface area contributed by atoms with E-state index in [1.807, 2.05) is 31.4 Å². The SMILES string of the molecule is CSc1ccc(CN(C)C(=O)CSc2nnc(-c3ccc(C)c(C)c3)o2)cc1. The van der Waals surface area contributed by atoms with Crippen LogP contribution in [0, 0.1) is 13.8 Å². The highest BCUT2D eigenvalue weighted by atomic mass is 32.2. The number of amides is 1. The lowest BCUT2D eigenvalue weighted by atomic mass is 10.1. The minimum Gasteiger partial charge on any atom is -0.411 e. The van der Waals surface area contributed by atoms with Crippen molar-refractivity contribution in [3.05, 3.63) is 59.2 Å². The van der Waals surface area contributed by atoms with Gasteiger partial charge in [0, 0.05) is 24.1 Å². The van der Waals surface area contributed by atoms with E-state index < -0.39 is 0 Å². The van der Waals surface area contributed by atoms with Gasteiger partial charge >= 0.3 is 0 Å². The molecular weight excluding hydrogens is 390 g/mol. The smallest absolute Gasteiger partial charge is 0.277 e. The van der Waals surface area contributed by atoms with Crippen molar-refractivity contribution in [2.75, 3.05) is 19.1 Å². The summed E-state index contributed by atoms with van der Waals surface area (Å²) in [4.78, 5) is 15.3. The Bertz CT molecular complexity index is 955. The number of rotatable bonds is 7. The number of carbonyl (C=O) groups excluding carboxylic acids is 1. The number of carbonyl (C=O) groups is 1. The van der Waals surface area contributed by atoms with Gasteiger partial charge in [-0.3, -0.25) is 4.79 Å². The van der Waals surface area contributed by atoms with Gasteiger partial charge in [-0.1, -0.05) is 30.0 Å². The van der Waals surface area contributed by atoms with E-state index >= 15 is 0 Å². The minimum absolute atomic E-state index is 0.0184. The molecular formula is C21H23N3O2S2. The van der Waals surface area contributed by atoms with Crippen molar-refractivity contribution in [2.24, 2.45) is 0 Å². The number of nitrogens with zero attached hydrogens (tertiary/aromatic N) is 3. The molecule has 146 valence electrons. The van der Waals surface area contributed by atoms with E-state index in [9.17, 15) is 4.79 Å². The fourth-order valence-corrected chi connectivity index (χ4v) is 3.70. The molecule has 0 spiro atoms. The molecule has 1 amide bonds. The zero-order chi connectivity index (χ0) is 20.1. The van der Waals surface area contributed by atoms with Gasteiger partial charge in [0.05, 0.1) is 5.75 Å². The average molecular weight is 414 g/mol. The first kappa shape index (κ1) is 20.5. The third-order valence-corrected chi connectivity index (χ3v) is 6.03. The van der Waals surface area contributed by atoms with Crippen LogP contribution in [0.15, 0.2) is 57.0 Å². The number of hydrogen-bond donors (Lipinski definition) is 0. The van der Waals surface area contributed by atoms with Crippen molar-refractivity contribution < 1.29 is 9.21 Å². The van der Waals surface area contributed by atoms with Crippen LogP contribution in [-0.4, -0.2) is 40.1 Å². The van der Waals surface area contributed by atoms with Crippen LogP contribution >= 0.6 is 23.5 Å². The van der Waals surface area contributed by atoms with E-state index in [1.54, 1.807) is 23.7 Å². The first-order valence-corrected chi connectivity index (χ1v) is 11.1. The number of aryl methyl sites for hydroxylation is 2. The van der Waals surface area contributed by atoms with Crippen molar-refractivity contribution in [2.45, 2.75) is 30.5 Å². The van der Waals surface area contributed by atoms with Gasteiger partial charge in [-0.25, -0.2) is 0 Å². The number of benzene rings is 2. The summed E-state index contributed by atoms with van der Waals surface area (Å²) >= 11 is 2.96. The highest BCUT2D eigenvalue weighted by Crippen LogP contribution is 2.25. The maximum atomic E-state index is 12.4. The van der Waals surface area contributed by atoms with Gasteiger partial charge in [-0.15, -0.1) is 22.0 Å². The Morgan fingerprint density at radius 3 is 2.50 bits per heavy atom. The molecule has 5 nitrogen and oxygen atoms in total. The Labute approximate surface area is 173 Å². The van der Waals surface area contributed by atoms with E-state index in [0.717, 1.165) is 11.1 Å². The minimum atomic E-state index is 0.0184. The summed E-state index contributed by atoms with van der Waals surface area (Å²) in [5, 5.41) is 8.55. The van der Waals surface area contributed by atoms with Crippen molar-refractivity contribution in [1.82, 2.24) is 15.1 Å². The summed E-state index contributed by atoms with van der Waals surface area (Å²) in [5.74, 6) is 0.749. The molecule has 0 aliphatic heterocycles. The van der Waals surface area contributed by atoms with Gasteiger partial charge < -0.3 is 9.32 Å². The van der Waals surface area contributed by atoms with E-state index in [2.05, 4.69) is 41.4 Å². The lowest BCUT2D eigenvalue weighted by Crippen LogP contribution is -2.27. The van der Waals surface area contributed by atoms with Crippen molar-refractivity contribution >= 4 is 29.4 Å². The zero-order valence-corrected chi connectivity index (χ0v) is 18.1. The molecule has 0 unspecified atom stereocenters. The van der Waals surface area contributed by atoms with Gasteiger partial charge in [0.15, 0.2) is 0 Å². The summed E-state index contributed by atoms with van der Waals surface area (Å²) in [6.07, 6.45) is 2.05. The fraction of sp³-hybridized carbons (Fsp3) is 0.286. The molecule has 0 aliphatic rings. The summed E-state index contributed by atoms with van der Waals surface area (Å²) in [5.41, 5.74) is 4.38.